The number of anilines is 1. The van der Waals surface area contributed by atoms with Crippen molar-refractivity contribution in [2.75, 3.05) is 18.0 Å². The van der Waals surface area contributed by atoms with Gasteiger partial charge in [0.1, 0.15) is 11.9 Å². The van der Waals surface area contributed by atoms with E-state index in [0.717, 1.165) is 31.7 Å². The molecule has 0 spiro atoms. The van der Waals surface area contributed by atoms with Crippen LogP contribution in [0.3, 0.4) is 0 Å². The molecule has 1 aliphatic heterocycles. The third-order valence-corrected chi connectivity index (χ3v) is 2.67. The van der Waals surface area contributed by atoms with E-state index in [1.54, 1.807) is 18.3 Å². The van der Waals surface area contributed by atoms with Gasteiger partial charge in [-0.1, -0.05) is 0 Å². The molecular weight excluding hydrogens is 190 g/mol. The molecule has 0 bridgehead atoms. The maximum atomic E-state index is 9.39. The molecule has 0 saturated carbocycles. The van der Waals surface area contributed by atoms with Crippen LogP contribution in [-0.4, -0.2) is 29.3 Å². The lowest BCUT2D eigenvalue weighted by Crippen LogP contribution is -2.36. The minimum absolute atomic E-state index is 0.199. The standard InChI is InChI=1S/C11H13N3O/c12-8-9-2-1-5-13-11(9)14-6-3-10(15)4-7-14/h1-2,5,10,15H,3-4,6-7H2. The van der Waals surface area contributed by atoms with Gasteiger partial charge in [0.25, 0.3) is 0 Å². The van der Waals surface area contributed by atoms with E-state index in [1.165, 1.54) is 0 Å². The summed E-state index contributed by atoms with van der Waals surface area (Å²) in [5.74, 6) is 0.742. The van der Waals surface area contributed by atoms with E-state index in [4.69, 9.17) is 5.26 Å². The Hall–Kier alpha value is -1.60. The van der Waals surface area contributed by atoms with Gasteiger partial charge in [-0.05, 0) is 25.0 Å². The van der Waals surface area contributed by atoms with Crippen molar-refractivity contribution in [2.24, 2.45) is 0 Å². The van der Waals surface area contributed by atoms with Crippen LogP contribution in [-0.2, 0) is 0 Å². The summed E-state index contributed by atoms with van der Waals surface area (Å²) in [4.78, 5) is 6.28. The lowest BCUT2D eigenvalue weighted by molar-refractivity contribution is 0.145. The number of aromatic nitrogens is 1. The summed E-state index contributed by atoms with van der Waals surface area (Å²) in [6.45, 7) is 1.54. The predicted molar refractivity (Wildman–Crippen MR) is 56.4 cm³/mol. The minimum atomic E-state index is -0.199. The van der Waals surface area contributed by atoms with E-state index in [0.29, 0.717) is 5.56 Å². The van der Waals surface area contributed by atoms with Gasteiger partial charge >= 0.3 is 0 Å². The Bertz CT molecular complexity index is 378. The molecule has 4 heteroatoms. The molecule has 1 aromatic rings. The Morgan fingerprint density at radius 2 is 2.20 bits per heavy atom. The molecule has 0 unspecified atom stereocenters. The van der Waals surface area contributed by atoms with Crippen LogP contribution in [0.2, 0.25) is 0 Å². The molecule has 1 saturated heterocycles. The minimum Gasteiger partial charge on any atom is -0.393 e. The van der Waals surface area contributed by atoms with E-state index in [2.05, 4.69) is 16.0 Å². The highest BCUT2D eigenvalue weighted by Crippen LogP contribution is 2.20. The lowest BCUT2D eigenvalue weighted by atomic mass is 10.1. The molecule has 1 N–H and O–H groups in total. The molecule has 15 heavy (non-hydrogen) atoms. The molecule has 78 valence electrons. The Kier molecular flexibility index (Phi) is 2.84. The van der Waals surface area contributed by atoms with Gasteiger partial charge in [0, 0.05) is 19.3 Å². The van der Waals surface area contributed by atoms with Crippen LogP contribution in [0.25, 0.3) is 0 Å². The summed E-state index contributed by atoms with van der Waals surface area (Å²) in [5, 5.41) is 18.3. The lowest BCUT2D eigenvalue weighted by Gasteiger charge is -2.30. The average Bonchev–Trinajstić information content (AvgIpc) is 2.30. The summed E-state index contributed by atoms with van der Waals surface area (Å²) < 4.78 is 0. The number of hydrogen-bond acceptors (Lipinski definition) is 4. The Labute approximate surface area is 88.8 Å². The highest BCUT2D eigenvalue weighted by Gasteiger charge is 2.19. The maximum absolute atomic E-state index is 9.39. The van der Waals surface area contributed by atoms with Gasteiger partial charge in [-0.25, -0.2) is 4.98 Å². The van der Waals surface area contributed by atoms with Crippen LogP contribution in [0.5, 0.6) is 0 Å². The number of rotatable bonds is 1. The van der Waals surface area contributed by atoms with Gasteiger partial charge in [-0.2, -0.15) is 5.26 Å². The van der Waals surface area contributed by atoms with Crippen LogP contribution >= 0.6 is 0 Å². The molecule has 1 fully saturated rings. The van der Waals surface area contributed by atoms with E-state index < -0.39 is 0 Å². The van der Waals surface area contributed by atoms with Crippen LogP contribution in [0.1, 0.15) is 18.4 Å². The molecule has 0 aromatic carbocycles. The maximum Gasteiger partial charge on any atom is 0.146 e. The molecule has 0 amide bonds. The highest BCUT2D eigenvalue weighted by molar-refractivity contribution is 5.53. The first-order chi connectivity index (χ1) is 7.31. The fourth-order valence-corrected chi connectivity index (χ4v) is 1.81. The molecule has 0 radical (unpaired) electrons. The summed E-state index contributed by atoms with van der Waals surface area (Å²) in [6.07, 6.45) is 3.00. The van der Waals surface area contributed by atoms with Gasteiger partial charge in [0.2, 0.25) is 0 Å². The van der Waals surface area contributed by atoms with Crippen molar-refractivity contribution in [1.29, 1.82) is 5.26 Å². The van der Waals surface area contributed by atoms with Gasteiger partial charge in [0.15, 0.2) is 0 Å². The summed E-state index contributed by atoms with van der Waals surface area (Å²) in [7, 11) is 0. The quantitative estimate of drug-likeness (QED) is 0.737. The Morgan fingerprint density at radius 3 is 2.87 bits per heavy atom. The van der Waals surface area contributed by atoms with Crippen molar-refractivity contribution in [1.82, 2.24) is 4.98 Å². The fourth-order valence-electron chi connectivity index (χ4n) is 1.81. The van der Waals surface area contributed by atoms with Crippen molar-refractivity contribution < 1.29 is 5.11 Å². The number of pyridine rings is 1. The molecule has 0 atom stereocenters. The second-order valence-electron chi connectivity index (χ2n) is 3.70. The molecule has 2 rings (SSSR count). The highest BCUT2D eigenvalue weighted by atomic mass is 16.3. The van der Waals surface area contributed by atoms with Crippen molar-refractivity contribution >= 4 is 5.82 Å². The number of aliphatic hydroxyl groups is 1. The normalized spacial score (nSPS) is 17.5. The van der Waals surface area contributed by atoms with Crippen molar-refractivity contribution in [3.05, 3.63) is 23.9 Å². The second-order valence-corrected chi connectivity index (χ2v) is 3.70. The summed E-state index contributed by atoms with van der Waals surface area (Å²) in [6, 6.07) is 5.67. The average molecular weight is 203 g/mol. The van der Waals surface area contributed by atoms with Crippen molar-refractivity contribution in [3.63, 3.8) is 0 Å². The van der Waals surface area contributed by atoms with E-state index in [1.807, 2.05) is 0 Å². The van der Waals surface area contributed by atoms with Gasteiger partial charge < -0.3 is 10.0 Å². The van der Waals surface area contributed by atoms with Crippen LogP contribution in [0.4, 0.5) is 5.82 Å². The molecule has 2 heterocycles. The zero-order valence-electron chi connectivity index (χ0n) is 8.43. The van der Waals surface area contributed by atoms with Crippen LogP contribution < -0.4 is 4.90 Å². The Morgan fingerprint density at radius 1 is 1.47 bits per heavy atom. The van der Waals surface area contributed by atoms with Crippen LogP contribution in [0, 0.1) is 11.3 Å². The predicted octanol–water partition coefficient (Wildman–Crippen LogP) is 0.914. The number of aliphatic hydroxyl groups excluding tert-OH is 1. The zero-order valence-corrected chi connectivity index (χ0v) is 8.43. The topological polar surface area (TPSA) is 60.2 Å². The third-order valence-electron chi connectivity index (χ3n) is 2.67. The smallest absolute Gasteiger partial charge is 0.146 e. The molecule has 4 nitrogen and oxygen atoms in total. The first-order valence-electron chi connectivity index (χ1n) is 5.09. The largest absolute Gasteiger partial charge is 0.393 e. The monoisotopic (exact) mass is 203 g/mol. The first kappa shape index (κ1) is 9.94. The summed E-state index contributed by atoms with van der Waals surface area (Å²) in [5.41, 5.74) is 0.605. The van der Waals surface area contributed by atoms with Crippen LogP contribution in [0.15, 0.2) is 18.3 Å². The van der Waals surface area contributed by atoms with Gasteiger partial charge in [-0.15, -0.1) is 0 Å². The number of nitrogens with zero attached hydrogens (tertiary/aromatic N) is 3. The van der Waals surface area contributed by atoms with Gasteiger partial charge in [-0.3, -0.25) is 0 Å². The summed E-state index contributed by atoms with van der Waals surface area (Å²) >= 11 is 0. The molecular formula is C11H13N3O. The third kappa shape index (κ3) is 2.08. The van der Waals surface area contributed by atoms with E-state index >= 15 is 0 Å². The van der Waals surface area contributed by atoms with E-state index in [9.17, 15) is 5.11 Å². The Balaban J connectivity index is 2.19. The van der Waals surface area contributed by atoms with E-state index in [-0.39, 0.29) is 6.10 Å². The second kappa shape index (κ2) is 4.28. The molecule has 1 aromatic heterocycles. The zero-order chi connectivity index (χ0) is 10.7. The molecule has 1 aliphatic rings. The molecule has 0 aliphatic carbocycles. The fraction of sp³-hybridized carbons (Fsp3) is 0.455. The number of hydrogen-bond donors (Lipinski definition) is 1. The van der Waals surface area contributed by atoms with Crippen molar-refractivity contribution in [2.45, 2.75) is 18.9 Å². The van der Waals surface area contributed by atoms with Crippen molar-refractivity contribution in [3.8, 4) is 6.07 Å². The number of nitriles is 1. The SMILES string of the molecule is N#Cc1cccnc1N1CCC(O)CC1. The van der Waals surface area contributed by atoms with Gasteiger partial charge in [0.05, 0.1) is 11.7 Å². The number of piperidine rings is 1. The first-order valence-corrected chi connectivity index (χ1v) is 5.09.